The number of amides is 2. The van der Waals surface area contributed by atoms with Gasteiger partial charge in [0, 0.05) is 5.92 Å². The zero-order chi connectivity index (χ0) is 13.1. The molecule has 0 aromatic heterocycles. The summed E-state index contributed by atoms with van der Waals surface area (Å²) in [6, 6.07) is 8.18. The van der Waals surface area contributed by atoms with Crippen LogP contribution in [-0.4, -0.2) is 17.6 Å². The Labute approximate surface area is 112 Å². The van der Waals surface area contributed by atoms with Crippen molar-refractivity contribution in [2.45, 2.75) is 19.3 Å². The van der Waals surface area contributed by atoms with Crippen molar-refractivity contribution in [2.75, 3.05) is 5.75 Å². The molecule has 1 saturated carbocycles. The Morgan fingerprint density at radius 1 is 1.39 bits per heavy atom. The van der Waals surface area contributed by atoms with Crippen LogP contribution in [-0.2, 0) is 9.59 Å². The maximum Gasteiger partial charge on any atom is 0.248 e. The van der Waals surface area contributed by atoms with Crippen LogP contribution in [0.2, 0.25) is 0 Å². The van der Waals surface area contributed by atoms with Gasteiger partial charge in [-0.15, -0.1) is 0 Å². The van der Waals surface area contributed by atoms with Gasteiger partial charge in [-0.2, -0.15) is 12.6 Å². The standard InChI is InChI=1S/C13H16N2O2S/c1-8-3-2-4-9(5-8)10-6-11(10)13(17)15-14-12(16)7-18/h2-5,10-11,18H,6-7H2,1H3,(H,14,16)(H,15,17)/t10-,11+/m1/s1. The maximum absolute atomic E-state index is 11.7. The molecule has 0 radical (unpaired) electrons. The summed E-state index contributed by atoms with van der Waals surface area (Å²) in [5.74, 6) is -0.132. The number of carbonyl (C=O) groups excluding carboxylic acids is 2. The molecular formula is C13H16N2O2S. The molecule has 2 rings (SSSR count). The second kappa shape index (κ2) is 5.44. The quantitative estimate of drug-likeness (QED) is 0.567. The molecule has 1 aromatic carbocycles. The van der Waals surface area contributed by atoms with E-state index in [9.17, 15) is 9.59 Å². The summed E-state index contributed by atoms with van der Waals surface area (Å²) >= 11 is 3.81. The summed E-state index contributed by atoms with van der Waals surface area (Å²) in [4.78, 5) is 22.7. The van der Waals surface area contributed by atoms with Crippen molar-refractivity contribution in [1.29, 1.82) is 0 Å². The van der Waals surface area contributed by atoms with Crippen molar-refractivity contribution in [3.05, 3.63) is 35.4 Å². The van der Waals surface area contributed by atoms with Crippen LogP contribution in [0.4, 0.5) is 0 Å². The van der Waals surface area contributed by atoms with Crippen molar-refractivity contribution < 1.29 is 9.59 Å². The minimum Gasteiger partial charge on any atom is -0.273 e. The second-order valence-corrected chi connectivity index (χ2v) is 4.87. The first kappa shape index (κ1) is 13.0. The molecule has 0 aliphatic heterocycles. The van der Waals surface area contributed by atoms with Crippen LogP contribution < -0.4 is 10.9 Å². The van der Waals surface area contributed by atoms with Crippen LogP contribution >= 0.6 is 12.6 Å². The summed E-state index contributed by atoms with van der Waals surface area (Å²) in [6.07, 6.45) is 0.839. The van der Waals surface area contributed by atoms with Gasteiger partial charge >= 0.3 is 0 Å². The predicted molar refractivity (Wildman–Crippen MR) is 72.2 cm³/mol. The van der Waals surface area contributed by atoms with E-state index in [0.29, 0.717) is 0 Å². The van der Waals surface area contributed by atoms with E-state index in [2.05, 4.69) is 29.5 Å². The maximum atomic E-state index is 11.7. The number of thiol groups is 1. The SMILES string of the molecule is Cc1cccc([C@H]2C[C@@H]2C(=O)NNC(=O)CS)c1. The van der Waals surface area contributed by atoms with Gasteiger partial charge in [0.05, 0.1) is 5.75 Å². The van der Waals surface area contributed by atoms with Gasteiger partial charge in [0.25, 0.3) is 0 Å². The van der Waals surface area contributed by atoms with Crippen LogP contribution in [0.25, 0.3) is 0 Å². The lowest BCUT2D eigenvalue weighted by atomic mass is 10.1. The van der Waals surface area contributed by atoms with Gasteiger partial charge in [0.1, 0.15) is 0 Å². The van der Waals surface area contributed by atoms with E-state index in [1.54, 1.807) is 0 Å². The molecule has 2 amide bonds. The van der Waals surface area contributed by atoms with Gasteiger partial charge in [-0.1, -0.05) is 29.8 Å². The molecule has 0 spiro atoms. The highest BCUT2D eigenvalue weighted by Crippen LogP contribution is 2.47. The van der Waals surface area contributed by atoms with E-state index in [0.717, 1.165) is 6.42 Å². The van der Waals surface area contributed by atoms with E-state index in [1.807, 2.05) is 25.1 Å². The molecule has 2 N–H and O–H groups in total. The van der Waals surface area contributed by atoms with Crippen LogP contribution in [0, 0.1) is 12.8 Å². The van der Waals surface area contributed by atoms with Crippen LogP contribution in [0.1, 0.15) is 23.5 Å². The molecule has 4 nitrogen and oxygen atoms in total. The molecule has 18 heavy (non-hydrogen) atoms. The number of hydrazine groups is 1. The van der Waals surface area contributed by atoms with E-state index in [4.69, 9.17) is 0 Å². The largest absolute Gasteiger partial charge is 0.273 e. The van der Waals surface area contributed by atoms with Gasteiger partial charge in [-0.3, -0.25) is 20.4 Å². The number of rotatable bonds is 3. The fourth-order valence-electron chi connectivity index (χ4n) is 2.02. The summed E-state index contributed by atoms with van der Waals surface area (Å²) in [5, 5.41) is 0. The van der Waals surface area contributed by atoms with E-state index in [1.165, 1.54) is 11.1 Å². The molecule has 0 saturated heterocycles. The zero-order valence-corrected chi connectivity index (χ0v) is 11.0. The first-order valence-electron chi connectivity index (χ1n) is 5.88. The molecule has 2 atom stereocenters. The monoisotopic (exact) mass is 264 g/mol. The average Bonchev–Trinajstić information content (AvgIpc) is 3.15. The summed E-state index contributed by atoms with van der Waals surface area (Å²) < 4.78 is 0. The molecule has 5 heteroatoms. The minimum atomic E-state index is -0.306. The molecule has 1 aromatic rings. The lowest BCUT2D eigenvalue weighted by Crippen LogP contribution is -2.43. The van der Waals surface area contributed by atoms with Crippen molar-refractivity contribution in [2.24, 2.45) is 5.92 Å². The topological polar surface area (TPSA) is 58.2 Å². The van der Waals surface area contributed by atoms with Crippen LogP contribution in [0.15, 0.2) is 24.3 Å². The number of hydrogen-bond acceptors (Lipinski definition) is 3. The molecular weight excluding hydrogens is 248 g/mol. The van der Waals surface area contributed by atoms with E-state index >= 15 is 0 Å². The fraction of sp³-hybridized carbons (Fsp3) is 0.385. The van der Waals surface area contributed by atoms with Gasteiger partial charge in [-0.25, -0.2) is 0 Å². The van der Waals surface area contributed by atoms with E-state index in [-0.39, 0.29) is 29.4 Å². The van der Waals surface area contributed by atoms with Gasteiger partial charge < -0.3 is 0 Å². The predicted octanol–water partition coefficient (Wildman–Crippen LogP) is 1.18. The molecule has 0 bridgehead atoms. The van der Waals surface area contributed by atoms with E-state index < -0.39 is 0 Å². The zero-order valence-electron chi connectivity index (χ0n) is 10.1. The van der Waals surface area contributed by atoms with Crippen molar-refractivity contribution >= 4 is 24.4 Å². The first-order valence-corrected chi connectivity index (χ1v) is 6.51. The Bertz CT molecular complexity index is 476. The molecule has 96 valence electrons. The Balaban J connectivity index is 1.87. The number of hydrogen-bond donors (Lipinski definition) is 3. The van der Waals surface area contributed by atoms with Gasteiger partial charge in [0.15, 0.2) is 0 Å². The third-order valence-corrected chi connectivity index (χ3v) is 3.35. The van der Waals surface area contributed by atoms with Gasteiger partial charge in [-0.05, 0) is 24.8 Å². The lowest BCUT2D eigenvalue weighted by Gasteiger charge is -2.06. The Morgan fingerprint density at radius 3 is 2.83 bits per heavy atom. The third kappa shape index (κ3) is 3.04. The summed E-state index contributed by atoms with van der Waals surface area (Å²) in [7, 11) is 0. The van der Waals surface area contributed by atoms with Crippen LogP contribution in [0.5, 0.6) is 0 Å². The second-order valence-electron chi connectivity index (χ2n) is 4.56. The summed E-state index contributed by atoms with van der Waals surface area (Å²) in [5.41, 5.74) is 7.13. The van der Waals surface area contributed by atoms with Crippen molar-refractivity contribution in [3.8, 4) is 0 Å². The number of aryl methyl sites for hydroxylation is 1. The fourth-order valence-corrected chi connectivity index (χ4v) is 2.10. The van der Waals surface area contributed by atoms with Crippen LogP contribution in [0.3, 0.4) is 0 Å². The van der Waals surface area contributed by atoms with Crippen molar-refractivity contribution in [1.82, 2.24) is 10.9 Å². The van der Waals surface area contributed by atoms with Gasteiger partial charge in [0.2, 0.25) is 11.8 Å². The molecule has 0 unspecified atom stereocenters. The minimum absolute atomic E-state index is 0.0352. The smallest absolute Gasteiger partial charge is 0.248 e. The molecule has 0 heterocycles. The first-order chi connectivity index (χ1) is 8.61. The number of nitrogens with one attached hydrogen (secondary N) is 2. The highest BCUT2D eigenvalue weighted by atomic mass is 32.1. The third-order valence-electron chi connectivity index (χ3n) is 3.07. The Kier molecular flexibility index (Phi) is 3.91. The molecule has 1 aliphatic rings. The number of carbonyl (C=O) groups is 2. The highest BCUT2D eigenvalue weighted by Gasteiger charge is 2.44. The Morgan fingerprint density at radius 2 is 2.17 bits per heavy atom. The lowest BCUT2D eigenvalue weighted by molar-refractivity contribution is -0.128. The summed E-state index contributed by atoms with van der Waals surface area (Å²) in [6.45, 7) is 2.04. The highest BCUT2D eigenvalue weighted by molar-refractivity contribution is 7.81. The average molecular weight is 264 g/mol. The molecule has 1 aliphatic carbocycles. The number of benzene rings is 1. The Hall–Kier alpha value is -1.49. The van der Waals surface area contributed by atoms with Crippen molar-refractivity contribution in [3.63, 3.8) is 0 Å². The normalized spacial score (nSPS) is 21.2. The molecule has 1 fully saturated rings.